The maximum absolute atomic E-state index is 12.7. The number of halogens is 12. The van der Waals surface area contributed by atoms with Crippen molar-refractivity contribution in [2.24, 2.45) is 0 Å². The Kier molecular flexibility index (Phi) is 20.0. The Morgan fingerprint density at radius 3 is 1.11 bits per heavy atom. The molecule has 0 rings (SSSR count). The zero-order valence-corrected chi connectivity index (χ0v) is 11.3. The van der Waals surface area contributed by atoms with E-state index in [0.29, 0.717) is 7.18 Å². The maximum Gasteiger partial charge on any atom is 0.453 e. The highest BCUT2D eigenvalue weighted by atomic mass is 19.4. The summed E-state index contributed by atoms with van der Waals surface area (Å²) in [5.41, 5.74) is 0. The molecule has 2 nitrogen and oxygen atoms in total. The van der Waals surface area contributed by atoms with Crippen molar-refractivity contribution in [1.29, 1.82) is 0 Å². The molecule has 0 heterocycles. The number of alkyl halides is 12. The Labute approximate surface area is 150 Å². The Hall–Kier alpha value is -0.920. The van der Waals surface area contributed by atoms with Gasteiger partial charge >= 0.3 is 30.0 Å². The van der Waals surface area contributed by atoms with Gasteiger partial charge in [0.2, 0.25) is 0 Å². The zero-order chi connectivity index (χ0) is 19.3. The smallest absolute Gasteiger partial charge is 0.329 e. The average Bonchev–Trinajstić information content (AvgIpc) is 2.32. The van der Waals surface area contributed by atoms with E-state index in [1.54, 1.807) is 0 Å². The zero-order valence-electron chi connectivity index (χ0n) is 11.3. The van der Waals surface area contributed by atoms with Crippen LogP contribution in [-0.2, 0) is 9.47 Å². The molecule has 0 saturated heterocycles. The van der Waals surface area contributed by atoms with Gasteiger partial charge < -0.3 is 9.47 Å². The lowest BCUT2D eigenvalue weighted by Gasteiger charge is -2.36. The number of hydrogen-bond donors (Lipinski definition) is 0. The van der Waals surface area contributed by atoms with Crippen LogP contribution in [0.1, 0.15) is 36.6 Å². The summed E-state index contributed by atoms with van der Waals surface area (Å²) >= 11 is 0. The van der Waals surface area contributed by atoms with Gasteiger partial charge in [-0.1, -0.05) is 29.7 Å². The van der Waals surface area contributed by atoms with E-state index in [1.165, 1.54) is 0 Å². The number of ether oxygens (including phenoxy) is 2. The highest BCUT2D eigenvalue weighted by molar-refractivity contribution is 4.89. The minimum atomic E-state index is -6.55. The fourth-order valence-electron chi connectivity index (χ4n) is 0.926. The van der Waals surface area contributed by atoms with Gasteiger partial charge in [-0.3, -0.25) is 4.39 Å². The van der Waals surface area contributed by atoms with E-state index in [1.807, 2.05) is 0 Å². The van der Waals surface area contributed by atoms with E-state index in [0.717, 1.165) is 0 Å². The molecule has 174 valence electrons. The Morgan fingerprint density at radius 1 is 0.630 bits per heavy atom. The van der Waals surface area contributed by atoms with Gasteiger partial charge in [-0.25, -0.2) is 13.2 Å². The summed E-state index contributed by atoms with van der Waals surface area (Å²) in [6.07, 6.45) is -13.1. The lowest BCUT2D eigenvalue weighted by atomic mass is 10.2. The summed E-state index contributed by atoms with van der Waals surface area (Å²) in [5.74, 6) is -16.1. The van der Waals surface area contributed by atoms with Gasteiger partial charge in [-0.15, -0.1) is 0 Å². The molecule has 0 aliphatic rings. The summed E-state index contributed by atoms with van der Waals surface area (Å²) in [6.45, 7) is -6.17. The SMILES string of the molecule is C.C.C.C.CC(F)(F)C(F)(F)COC(OCF)(C(F)(F)F)C(F)(F)F.CF. The second-order valence-electron chi connectivity index (χ2n) is 3.75. The molecule has 27 heavy (non-hydrogen) atoms. The minimum absolute atomic E-state index is 0. The maximum atomic E-state index is 12.7. The predicted octanol–water partition coefficient (Wildman–Crippen LogP) is 7.19. The van der Waals surface area contributed by atoms with Crippen molar-refractivity contribution >= 4 is 0 Å². The monoisotopic (exact) mass is 442 g/mol. The second kappa shape index (κ2) is 13.3. The largest absolute Gasteiger partial charge is 0.453 e. The third-order valence-electron chi connectivity index (χ3n) is 2.10. The molecule has 0 aliphatic heterocycles. The first-order valence-electron chi connectivity index (χ1n) is 5.12. The van der Waals surface area contributed by atoms with E-state index in [2.05, 4.69) is 9.47 Å². The molecule has 0 unspecified atom stereocenters. The van der Waals surface area contributed by atoms with E-state index < -0.39 is 50.4 Å². The van der Waals surface area contributed by atoms with Crippen LogP contribution in [0.4, 0.5) is 52.7 Å². The molecule has 14 heteroatoms. The lowest BCUT2D eigenvalue weighted by Crippen LogP contribution is -2.62. The quantitative estimate of drug-likeness (QED) is 0.320. The topological polar surface area (TPSA) is 18.5 Å². The van der Waals surface area contributed by atoms with Crippen LogP contribution in [-0.4, -0.2) is 50.6 Å². The molecule has 0 spiro atoms. The highest BCUT2D eigenvalue weighted by Crippen LogP contribution is 2.48. The minimum Gasteiger partial charge on any atom is -0.329 e. The molecule has 0 saturated carbocycles. The highest BCUT2D eigenvalue weighted by Gasteiger charge is 2.75. The third kappa shape index (κ3) is 9.72. The van der Waals surface area contributed by atoms with Crippen molar-refractivity contribution in [2.75, 3.05) is 20.6 Å². The molecular formula is C13H26F12O2. The second-order valence-corrected chi connectivity index (χ2v) is 3.75. The predicted molar refractivity (Wildman–Crippen MR) is 77.4 cm³/mol. The van der Waals surface area contributed by atoms with Crippen LogP contribution in [0, 0.1) is 0 Å². The Bertz CT molecular complexity index is 333. The fraction of sp³-hybridized carbons (Fsp3) is 1.00. The fourth-order valence-corrected chi connectivity index (χ4v) is 0.926. The van der Waals surface area contributed by atoms with Gasteiger partial charge in [-0.2, -0.15) is 35.1 Å². The summed E-state index contributed by atoms with van der Waals surface area (Å²) in [4.78, 5) is 0. The van der Waals surface area contributed by atoms with E-state index >= 15 is 0 Å². The van der Waals surface area contributed by atoms with Crippen molar-refractivity contribution in [3.8, 4) is 0 Å². The van der Waals surface area contributed by atoms with E-state index in [9.17, 15) is 52.7 Å². The van der Waals surface area contributed by atoms with Gasteiger partial charge in [0.1, 0.15) is 6.61 Å². The molecular weight excluding hydrogens is 416 g/mol. The van der Waals surface area contributed by atoms with Crippen LogP contribution in [0.15, 0.2) is 0 Å². The molecule has 0 aromatic carbocycles. The molecule has 0 aromatic rings. The van der Waals surface area contributed by atoms with Crippen molar-refractivity contribution in [3.63, 3.8) is 0 Å². The molecule has 0 fully saturated rings. The number of rotatable bonds is 6. The Morgan fingerprint density at radius 2 is 0.926 bits per heavy atom. The van der Waals surface area contributed by atoms with Crippen LogP contribution in [0.3, 0.4) is 0 Å². The van der Waals surface area contributed by atoms with Gasteiger partial charge in [0.15, 0.2) is 6.86 Å². The van der Waals surface area contributed by atoms with Gasteiger partial charge in [-0.05, 0) is 0 Å². The number of hydrogen-bond acceptors (Lipinski definition) is 2. The molecule has 0 aliphatic carbocycles. The van der Waals surface area contributed by atoms with Crippen molar-refractivity contribution in [2.45, 2.75) is 66.6 Å². The molecule has 0 radical (unpaired) electrons. The molecule has 0 amide bonds. The third-order valence-corrected chi connectivity index (χ3v) is 2.10. The van der Waals surface area contributed by atoms with Gasteiger partial charge in [0.05, 0.1) is 7.18 Å². The van der Waals surface area contributed by atoms with Crippen LogP contribution in [0.5, 0.6) is 0 Å². The molecule has 0 aromatic heterocycles. The molecule has 0 atom stereocenters. The average molecular weight is 442 g/mol. The summed E-state index contributed by atoms with van der Waals surface area (Å²) in [6, 6.07) is 0. The summed E-state index contributed by atoms with van der Waals surface area (Å²) in [7, 11) is 0.500. The summed E-state index contributed by atoms with van der Waals surface area (Å²) < 4.78 is 151. The van der Waals surface area contributed by atoms with E-state index in [-0.39, 0.29) is 29.7 Å². The van der Waals surface area contributed by atoms with Gasteiger partial charge in [0, 0.05) is 6.92 Å². The first kappa shape index (κ1) is 40.7. The first-order chi connectivity index (χ1) is 10.0. The normalized spacial score (nSPS) is 12.2. The van der Waals surface area contributed by atoms with Crippen LogP contribution in [0.2, 0.25) is 0 Å². The van der Waals surface area contributed by atoms with Crippen molar-refractivity contribution < 1.29 is 62.2 Å². The molecule has 0 bridgehead atoms. The molecule has 0 N–H and O–H groups in total. The standard InChI is InChI=1S/C8H7F11O2.CH3F.4CH4/c1-4(10,11)5(12,13)2-20-6(21-3-9,7(14,15)16)8(17,18)19;1-2;;;;/h2-3H2,1H3;1H3;4*1H4. The first-order valence-corrected chi connectivity index (χ1v) is 5.12. The van der Waals surface area contributed by atoms with Crippen LogP contribution in [0.25, 0.3) is 0 Å². The van der Waals surface area contributed by atoms with E-state index in [4.69, 9.17) is 0 Å². The van der Waals surface area contributed by atoms with Crippen molar-refractivity contribution in [3.05, 3.63) is 0 Å². The summed E-state index contributed by atoms with van der Waals surface area (Å²) in [5, 5.41) is 0. The van der Waals surface area contributed by atoms with Crippen LogP contribution < -0.4 is 0 Å². The Balaban J connectivity index is -0.000000177. The van der Waals surface area contributed by atoms with Crippen molar-refractivity contribution in [1.82, 2.24) is 0 Å². The van der Waals surface area contributed by atoms with Gasteiger partial charge in [0.25, 0.3) is 0 Å². The van der Waals surface area contributed by atoms with Crippen LogP contribution >= 0.6 is 0 Å². The lowest BCUT2D eigenvalue weighted by molar-refractivity contribution is -0.480.